The molecule has 0 radical (unpaired) electrons. The molecule has 1 aromatic rings. The van der Waals surface area contributed by atoms with Crippen molar-refractivity contribution in [2.45, 2.75) is 12.5 Å². The average Bonchev–Trinajstić information content (AvgIpc) is 2.84. The summed E-state index contributed by atoms with van der Waals surface area (Å²) in [5, 5.41) is 13.3. The molecule has 1 fully saturated rings. The molecule has 0 spiro atoms. The zero-order valence-electron chi connectivity index (χ0n) is 9.21. The highest BCUT2D eigenvalue weighted by molar-refractivity contribution is 5.91. The summed E-state index contributed by atoms with van der Waals surface area (Å²) in [6.45, 7) is 1.07. The molecule has 1 aliphatic heterocycles. The maximum Gasteiger partial charge on any atom is 0.246 e. The molecule has 1 aliphatic rings. The summed E-state index contributed by atoms with van der Waals surface area (Å²) in [6, 6.07) is 1.84. The SMILES string of the molecule is Cn1nccc1C=CC(=O)N1CCC(O)C1. The predicted molar refractivity (Wildman–Crippen MR) is 59.4 cm³/mol. The Hall–Kier alpha value is -1.62. The lowest BCUT2D eigenvalue weighted by Crippen LogP contribution is -2.27. The fourth-order valence-corrected chi connectivity index (χ4v) is 1.75. The molecule has 2 heterocycles. The van der Waals surface area contributed by atoms with E-state index < -0.39 is 0 Å². The molecular formula is C11H15N3O2. The number of nitrogens with zero attached hydrogens (tertiary/aromatic N) is 3. The lowest BCUT2D eigenvalue weighted by molar-refractivity contribution is -0.125. The minimum atomic E-state index is -0.367. The van der Waals surface area contributed by atoms with Crippen LogP contribution in [-0.2, 0) is 11.8 Å². The maximum absolute atomic E-state index is 11.7. The number of aliphatic hydroxyl groups is 1. The monoisotopic (exact) mass is 221 g/mol. The number of β-amino-alcohol motifs (C(OH)–C–C–N with tert-alkyl or cyclic N) is 1. The van der Waals surface area contributed by atoms with E-state index in [1.807, 2.05) is 13.1 Å². The topological polar surface area (TPSA) is 58.4 Å². The summed E-state index contributed by atoms with van der Waals surface area (Å²) < 4.78 is 1.70. The number of amides is 1. The third kappa shape index (κ3) is 2.30. The van der Waals surface area contributed by atoms with E-state index in [1.165, 1.54) is 6.08 Å². The van der Waals surface area contributed by atoms with Crippen LogP contribution < -0.4 is 0 Å². The van der Waals surface area contributed by atoms with Crippen molar-refractivity contribution in [3.05, 3.63) is 24.0 Å². The van der Waals surface area contributed by atoms with E-state index in [0.29, 0.717) is 19.5 Å². The molecule has 1 saturated heterocycles. The van der Waals surface area contributed by atoms with Crippen molar-refractivity contribution in [2.75, 3.05) is 13.1 Å². The summed E-state index contributed by atoms with van der Waals surface area (Å²) in [5.74, 6) is -0.0576. The van der Waals surface area contributed by atoms with E-state index in [9.17, 15) is 9.90 Å². The van der Waals surface area contributed by atoms with Crippen LogP contribution >= 0.6 is 0 Å². The van der Waals surface area contributed by atoms with E-state index in [1.54, 1.807) is 21.9 Å². The second-order valence-corrected chi connectivity index (χ2v) is 3.94. The molecule has 1 amide bonds. The first kappa shape index (κ1) is 10.9. The maximum atomic E-state index is 11.7. The molecule has 1 aromatic heterocycles. The molecule has 5 nitrogen and oxygen atoms in total. The summed E-state index contributed by atoms with van der Waals surface area (Å²) in [4.78, 5) is 13.3. The number of carbonyl (C=O) groups is 1. The largest absolute Gasteiger partial charge is 0.391 e. The van der Waals surface area contributed by atoms with Gasteiger partial charge >= 0.3 is 0 Å². The van der Waals surface area contributed by atoms with E-state index in [2.05, 4.69) is 5.10 Å². The number of aliphatic hydroxyl groups excluding tert-OH is 1. The molecule has 0 saturated carbocycles. The van der Waals surface area contributed by atoms with Crippen molar-refractivity contribution in [2.24, 2.45) is 7.05 Å². The summed E-state index contributed by atoms with van der Waals surface area (Å²) in [7, 11) is 1.82. The number of rotatable bonds is 2. The van der Waals surface area contributed by atoms with Gasteiger partial charge in [0.25, 0.3) is 0 Å². The van der Waals surface area contributed by atoms with Gasteiger partial charge in [-0.3, -0.25) is 9.48 Å². The first-order valence-corrected chi connectivity index (χ1v) is 5.30. The predicted octanol–water partition coefficient (Wildman–Crippen LogP) is 0.0265. The summed E-state index contributed by atoms with van der Waals surface area (Å²) >= 11 is 0. The Bertz CT molecular complexity index is 411. The zero-order chi connectivity index (χ0) is 11.5. The van der Waals surface area contributed by atoms with Crippen LogP contribution in [0.3, 0.4) is 0 Å². The molecular weight excluding hydrogens is 206 g/mol. The second-order valence-electron chi connectivity index (χ2n) is 3.94. The van der Waals surface area contributed by atoms with Gasteiger partial charge in [-0.15, -0.1) is 0 Å². The first-order chi connectivity index (χ1) is 7.66. The lowest BCUT2D eigenvalue weighted by atomic mass is 10.3. The van der Waals surface area contributed by atoms with Crippen molar-refractivity contribution in [1.82, 2.24) is 14.7 Å². The van der Waals surface area contributed by atoms with Crippen molar-refractivity contribution in [3.63, 3.8) is 0 Å². The van der Waals surface area contributed by atoms with Gasteiger partial charge in [0.2, 0.25) is 5.91 Å². The van der Waals surface area contributed by atoms with E-state index >= 15 is 0 Å². The van der Waals surface area contributed by atoms with Gasteiger partial charge in [0.15, 0.2) is 0 Å². The van der Waals surface area contributed by atoms with E-state index in [4.69, 9.17) is 0 Å². The molecule has 0 aliphatic carbocycles. The average molecular weight is 221 g/mol. The third-order valence-electron chi connectivity index (χ3n) is 2.73. The number of carbonyl (C=O) groups excluding carboxylic acids is 1. The Balaban J connectivity index is 1.97. The Morgan fingerprint density at radius 3 is 3.06 bits per heavy atom. The smallest absolute Gasteiger partial charge is 0.246 e. The fourth-order valence-electron chi connectivity index (χ4n) is 1.75. The standard InChI is InChI=1S/C11H15N3O2/c1-13-9(4-6-12-13)2-3-11(16)14-7-5-10(15)8-14/h2-4,6,10,15H,5,7-8H2,1H3. The quantitative estimate of drug-likeness (QED) is 0.717. The minimum Gasteiger partial charge on any atom is -0.391 e. The fraction of sp³-hybridized carbons (Fsp3) is 0.455. The molecule has 0 bridgehead atoms. The van der Waals surface area contributed by atoms with Gasteiger partial charge in [-0.05, 0) is 18.6 Å². The normalized spacial score (nSPS) is 20.9. The van der Waals surface area contributed by atoms with Crippen LogP contribution in [0.2, 0.25) is 0 Å². The highest BCUT2D eigenvalue weighted by Gasteiger charge is 2.22. The second kappa shape index (κ2) is 4.49. The van der Waals surface area contributed by atoms with Crippen molar-refractivity contribution in [1.29, 1.82) is 0 Å². The van der Waals surface area contributed by atoms with Gasteiger partial charge in [0.05, 0.1) is 11.8 Å². The highest BCUT2D eigenvalue weighted by Crippen LogP contribution is 2.09. The zero-order valence-corrected chi connectivity index (χ0v) is 9.21. The van der Waals surface area contributed by atoms with E-state index in [0.717, 1.165) is 5.69 Å². The Morgan fingerprint density at radius 1 is 1.69 bits per heavy atom. The van der Waals surface area contributed by atoms with Crippen LogP contribution in [0.4, 0.5) is 0 Å². The molecule has 5 heteroatoms. The van der Waals surface area contributed by atoms with Gasteiger partial charge in [-0.2, -0.15) is 5.10 Å². The number of aromatic nitrogens is 2. The number of hydrogen-bond donors (Lipinski definition) is 1. The molecule has 86 valence electrons. The van der Waals surface area contributed by atoms with Crippen LogP contribution in [0.15, 0.2) is 18.3 Å². The number of likely N-dealkylation sites (tertiary alicyclic amines) is 1. The van der Waals surface area contributed by atoms with Crippen LogP contribution in [-0.4, -0.2) is 44.9 Å². The van der Waals surface area contributed by atoms with Crippen molar-refractivity contribution in [3.8, 4) is 0 Å². The molecule has 1 unspecified atom stereocenters. The highest BCUT2D eigenvalue weighted by atomic mass is 16.3. The molecule has 1 N–H and O–H groups in total. The van der Waals surface area contributed by atoms with Gasteiger partial charge in [-0.25, -0.2) is 0 Å². The third-order valence-corrected chi connectivity index (χ3v) is 2.73. The van der Waals surface area contributed by atoms with Gasteiger partial charge in [-0.1, -0.05) is 0 Å². The Labute approximate surface area is 94.0 Å². The van der Waals surface area contributed by atoms with Gasteiger partial charge < -0.3 is 10.0 Å². The van der Waals surface area contributed by atoms with Crippen molar-refractivity contribution >= 4 is 12.0 Å². The summed E-state index contributed by atoms with van der Waals surface area (Å²) in [5.41, 5.74) is 0.882. The molecule has 16 heavy (non-hydrogen) atoms. The van der Waals surface area contributed by atoms with Crippen LogP contribution in [0, 0.1) is 0 Å². The number of hydrogen-bond acceptors (Lipinski definition) is 3. The minimum absolute atomic E-state index is 0.0576. The summed E-state index contributed by atoms with van der Waals surface area (Å²) in [6.07, 6.45) is 5.25. The molecule has 0 aromatic carbocycles. The van der Waals surface area contributed by atoms with Crippen LogP contribution in [0.5, 0.6) is 0 Å². The molecule has 2 rings (SSSR count). The number of aryl methyl sites for hydroxylation is 1. The van der Waals surface area contributed by atoms with E-state index in [-0.39, 0.29) is 12.0 Å². The van der Waals surface area contributed by atoms with Crippen LogP contribution in [0.1, 0.15) is 12.1 Å². The van der Waals surface area contributed by atoms with Crippen LogP contribution in [0.25, 0.3) is 6.08 Å². The van der Waals surface area contributed by atoms with Gasteiger partial charge in [0.1, 0.15) is 0 Å². The first-order valence-electron chi connectivity index (χ1n) is 5.30. The van der Waals surface area contributed by atoms with Gasteiger partial charge in [0, 0.05) is 32.4 Å². The van der Waals surface area contributed by atoms with Crippen molar-refractivity contribution < 1.29 is 9.90 Å². The molecule has 1 atom stereocenters. The Morgan fingerprint density at radius 2 is 2.50 bits per heavy atom. The Kier molecular flexibility index (Phi) is 3.05. The lowest BCUT2D eigenvalue weighted by Gasteiger charge is -2.12.